The minimum atomic E-state index is -0.629. The number of rotatable bonds is 2. The quantitative estimate of drug-likeness (QED) is 0.722. The maximum absolute atomic E-state index is 12.9. The summed E-state index contributed by atoms with van der Waals surface area (Å²) in [7, 11) is 0. The van der Waals surface area contributed by atoms with Gasteiger partial charge in [0.1, 0.15) is 5.92 Å². The van der Waals surface area contributed by atoms with Crippen LogP contribution in [-0.2, 0) is 22.6 Å². The average molecular weight is 395 g/mol. The predicted molar refractivity (Wildman–Crippen MR) is 100 cm³/mol. The van der Waals surface area contributed by atoms with E-state index in [9.17, 15) is 9.59 Å². The second kappa shape index (κ2) is 6.63. The molecule has 1 aromatic heterocycles. The average Bonchev–Trinajstić information content (AvgIpc) is 3.22. The van der Waals surface area contributed by atoms with Gasteiger partial charge in [0.2, 0.25) is 11.8 Å². The van der Waals surface area contributed by atoms with Crippen molar-refractivity contribution in [1.82, 2.24) is 4.90 Å². The molecule has 0 aliphatic carbocycles. The Morgan fingerprint density at radius 1 is 1.20 bits per heavy atom. The molecule has 4 nitrogen and oxygen atoms in total. The monoisotopic (exact) mass is 394 g/mol. The van der Waals surface area contributed by atoms with Crippen molar-refractivity contribution in [3.8, 4) is 0 Å². The molecule has 2 aromatic rings. The van der Waals surface area contributed by atoms with Gasteiger partial charge in [0.25, 0.3) is 0 Å². The van der Waals surface area contributed by atoms with Crippen LogP contribution in [0.5, 0.6) is 0 Å². The van der Waals surface area contributed by atoms with E-state index in [-0.39, 0.29) is 11.8 Å². The Hall–Kier alpha value is -1.56. The van der Waals surface area contributed by atoms with Gasteiger partial charge >= 0.3 is 0 Å². The van der Waals surface area contributed by atoms with E-state index in [4.69, 9.17) is 23.2 Å². The topological polar surface area (TPSA) is 40.6 Å². The molecule has 3 heterocycles. The van der Waals surface area contributed by atoms with Gasteiger partial charge in [-0.15, -0.1) is 11.3 Å². The Balaban J connectivity index is 1.52. The van der Waals surface area contributed by atoms with Crippen LogP contribution in [0.25, 0.3) is 0 Å². The standard InChI is InChI=1S/C18H16Cl2N2O2S/c19-12-1-2-14(20)15(9-12)22-7-3-13(18(22)24)17(23)21-6-4-16-11(10-21)5-8-25-16/h1-2,5,8-9,13H,3-4,6-7,10H2. The molecule has 4 rings (SSSR count). The molecule has 0 saturated carbocycles. The lowest BCUT2D eigenvalue weighted by Crippen LogP contribution is -2.42. The summed E-state index contributed by atoms with van der Waals surface area (Å²) in [6.07, 6.45) is 1.37. The van der Waals surface area contributed by atoms with Crippen molar-refractivity contribution >= 4 is 52.0 Å². The fourth-order valence-corrected chi connectivity index (χ4v) is 4.77. The first-order valence-corrected chi connectivity index (χ1v) is 9.78. The summed E-state index contributed by atoms with van der Waals surface area (Å²) >= 11 is 14.0. The first-order chi connectivity index (χ1) is 12.0. The van der Waals surface area contributed by atoms with Gasteiger partial charge in [-0.25, -0.2) is 0 Å². The zero-order chi connectivity index (χ0) is 17.6. The summed E-state index contributed by atoms with van der Waals surface area (Å²) in [6.45, 7) is 1.75. The van der Waals surface area contributed by atoms with Crippen LogP contribution < -0.4 is 4.90 Å². The molecule has 1 fully saturated rings. The van der Waals surface area contributed by atoms with E-state index in [0.29, 0.717) is 41.8 Å². The van der Waals surface area contributed by atoms with Crippen molar-refractivity contribution in [2.24, 2.45) is 5.92 Å². The Bertz CT molecular complexity index is 851. The largest absolute Gasteiger partial charge is 0.337 e. The fraction of sp³-hybridized carbons (Fsp3) is 0.333. The molecule has 2 aliphatic rings. The van der Waals surface area contributed by atoms with Crippen molar-refractivity contribution in [3.63, 3.8) is 0 Å². The Kier molecular flexibility index (Phi) is 4.48. The van der Waals surface area contributed by atoms with Crippen molar-refractivity contribution in [2.75, 3.05) is 18.0 Å². The summed E-state index contributed by atoms with van der Waals surface area (Å²) in [6, 6.07) is 7.09. The van der Waals surface area contributed by atoms with Crippen LogP contribution in [0.15, 0.2) is 29.6 Å². The number of carbonyl (C=O) groups excluding carboxylic acids is 2. The van der Waals surface area contributed by atoms with Crippen LogP contribution in [0.3, 0.4) is 0 Å². The van der Waals surface area contributed by atoms with Crippen LogP contribution in [0, 0.1) is 5.92 Å². The van der Waals surface area contributed by atoms with Crippen molar-refractivity contribution < 1.29 is 9.59 Å². The highest BCUT2D eigenvalue weighted by atomic mass is 35.5. The number of hydrogen-bond donors (Lipinski definition) is 0. The Morgan fingerprint density at radius 2 is 2.04 bits per heavy atom. The highest BCUT2D eigenvalue weighted by molar-refractivity contribution is 7.10. The minimum Gasteiger partial charge on any atom is -0.337 e. The maximum Gasteiger partial charge on any atom is 0.239 e. The smallest absolute Gasteiger partial charge is 0.239 e. The molecular formula is C18H16Cl2N2O2S. The van der Waals surface area contributed by atoms with Crippen molar-refractivity contribution in [1.29, 1.82) is 0 Å². The van der Waals surface area contributed by atoms with Gasteiger partial charge in [-0.2, -0.15) is 0 Å². The number of amides is 2. The van der Waals surface area contributed by atoms with E-state index in [2.05, 4.69) is 11.4 Å². The summed E-state index contributed by atoms with van der Waals surface area (Å²) in [5.41, 5.74) is 1.78. The van der Waals surface area contributed by atoms with Gasteiger partial charge in [0.05, 0.1) is 10.7 Å². The van der Waals surface area contributed by atoms with Crippen LogP contribution in [0.4, 0.5) is 5.69 Å². The van der Waals surface area contributed by atoms with Crippen molar-refractivity contribution in [2.45, 2.75) is 19.4 Å². The summed E-state index contributed by atoms with van der Waals surface area (Å²) in [5.74, 6) is -0.900. The van der Waals surface area contributed by atoms with E-state index >= 15 is 0 Å². The third kappa shape index (κ3) is 3.05. The summed E-state index contributed by atoms with van der Waals surface area (Å²) in [5, 5.41) is 3.04. The van der Waals surface area contributed by atoms with Gasteiger partial charge < -0.3 is 9.80 Å². The zero-order valence-electron chi connectivity index (χ0n) is 13.4. The lowest BCUT2D eigenvalue weighted by Gasteiger charge is -2.29. The van der Waals surface area contributed by atoms with Crippen LogP contribution in [0.1, 0.15) is 16.9 Å². The molecule has 0 radical (unpaired) electrons. The second-order valence-electron chi connectivity index (χ2n) is 6.31. The van der Waals surface area contributed by atoms with E-state index in [1.807, 2.05) is 0 Å². The predicted octanol–water partition coefficient (Wildman–Crippen LogP) is 3.99. The normalized spacial score (nSPS) is 20.1. The Morgan fingerprint density at radius 3 is 2.88 bits per heavy atom. The minimum absolute atomic E-state index is 0.0810. The third-order valence-electron chi connectivity index (χ3n) is 4.82. The lowest BCUT2D eigenvalue weighted by molar-refractivity contribution is -0.140. The van der Waals surface area contributed by atoms with Gasteiger partial charge in [-0.1, -0.05) is 23.2 Å². The van der Waals surface area contributed by atoms with Gasteiger partial charge in [0, 0.05) is 29.5 Å². The number of thiophene rings is 1. The van der Waals surface area contributed by atoms with E-state index in [1.165, 1.54) is 10.4 Å². The molecule has 1 aromatic carbocycles. The fourth-order valence-electron chi connectivity index (χ4n) is 3.50. The SMILES string of the molecule is O=C(C1CCN(c2cc(Cl)ccc2Cl)C1=O)N1CCc2sccc2C1. The molecule has 2 amide bonds. The second-order valence-corrected chi connectivity index (χ2v) is 8.15. The molecule has 130 valence electrons. The van der Waals surface area contributed by atoms with E-state index in [0.717, 1.165) is 6.42 Å². The molecule has 0 N–H and O–H groups in total. The summed E-state index contributed by atoms with van der Waals surface area (Å²) in [4.78, 5) is 30.5. The first-order valence-electron chi connectivity index (χ1n) is 8.15. The van der Waals surface area contributed by atoms with E-state index < -0.39 is 5.92 Å². The Labute approximate surface area is 159 Å². The maximum atomic E-state index is 12.9. The molecule has 1 saturated heterocycles. The molecule has 25 heavy (non-hydrogen) atoms. The number of nitrogens with zero attached hydrogens (tertiary/aromatic N) is 2. The molecule has 0 bridgehead atoms. The van der Waals surface area contributed by atoms with Gasteiger partial charge in [0.15, 0.2) is 0 Å². The van der Waals surface area contributed by atoms with Crippen LogP contribution in [0.2, 0.25) is 10.0 Å². The van der Waals surface area contributed by atoms with Crippen molar-refractivity contribution in [3.05, 3.63) is 50.1 Å². The molecule has 1 atom stereocenters. The van der Waals surface area contributed by atoms with E-state index in [1.54, 1.807) is 39.3 Å². The third-order valence-corrected chi connectivity index (χ3v) is 6.40. The highest BCUT2D eigenvalue weighted by Gasteiger charge is 2.40. The molecule has 1 unspecified atom stereocenters. The molecule has 0 spiro atoms. The number of fused-ring (bicyclic) bond motifs is 1. The number of benzene rings is 1. The lowest BCUT2D eigenvalue weighted by atomic mass is 10.0. The summed E-state index contributed by atoms with van der Waals surface area (Å²) < 4.78 is 0. The number of carbonyl (C=O) groups is 2. The molecular weight excluding hydrogens is 379 g/mol. The number of hydrogen-bond acceptors (Lipinski definition) is 3. The highest BCUT2D eigenvalue weighted by Crippen LogP contribution is 2.34. The van der Waals surface area contributed by atoms with Gasteiger partial charge in [-0.3, -0.25) is 9.59 Å². The molecule has 7 heteroatoms. The first kappa shape index (κ1) is 16.9. The molecule has 2 aliphatic heterocycles. The van der Waals surface area contributed by atoms with Crippen LogP contribution in [-0.4, -0.2) is 29.8 Å². The number of halogens is 2. The zero-order valence-corrected chi connectivity index (χ0v) is 15.7. The van der Waals surface area contributed by atoms with Crippen LogP contribution >= 0.6 is 34.5 Å². The number of anilines is 1. The van der Waals surface area contributed by atoms with Gasteiger partial charge in [-0.05, 0) is 48.1 Å².